The predicted molar refractivity (Wildman–Crippen MR) is 74.3 cm³/mol. The van der Waals surface area contributed by atoms with Crippen molar-refractivity contribution in [3.63, 3.8) is 0 Å². The standard InChI is InChI=1S/C15H15FN2O2/c16-12-6-4-11(5-7-12)14(15(17)20)18-13-3-1-2-10(8-13)9-19/h1-8,14,18-19H,9H2,(H2,17,20)/t14-/m1/s1. The number of hydrogen-bond donors (Lipinski definition) is 3. The van der Waals surface area contributed by atoms with E-state index < -0.39 is 11.9 Å². The van der Waals surface area contributed by atoms with Crippen molar-refractivity contribution >= 4 is 11.6 Å². The van der Waals surface area contributed by atoms with Crippen molar-refractivity contribution in [1.29, 1.82) is 0 Å². The Labute approximate surface area is 116 Å². The Morgan fingerprint density at radius 2 is 1.95 bits per heavy atom. The number of aliphatic hydroxyl groups excluding tert-OH is 1. The van der Waals surface area contributed by atoms with Crippen LogP contribution in [-0.2, 0) is 11.4 Å². The first-order valence-corrected chi connectivity index (χ1v) is 6.11. The molecule has 2 rings (SSSR count). The van der Waals surface area contributed by atoms with Crippen molar-refractivity contribution in [2.24, 2.45) is 5.73 Å². The molecule has 0 saturated carbocycles. The number of amides is 1. The van der Waals surface area contributed by atoms with Crippen LogP contribution in [-0.4, -0.2) is 11.0 Å². The van der Waals surface area contributed by atoms with Gasteiger partial charge in [0.05, 0.1) is 6.61 Å². The van der Waals surface area contributed by atoms with Gasteiger partial charge in [0.25, 0.3) is 0 Å². The molecular formula is C15H15FN2O2. The van der Waals surface area contributed by atoms with Gasteiger partial charge < -0.3 is 16.2 Å². The molecule has 0 aliphatic rings. The van der Waals surface area contributed by atoms with Crippen LogP contribution < -0.4 is 11.1 Å². The molecule has 4 nitrogen and oxygen atoms in total. The predicted octanol–water partition coefficient (Wildman–Crippen LogP) is 1.96. The van der Waals surface area contributed by atoms with E-state index >= 15 is 0 Å². The molecular weight excluding hydrogens is 259 g/mol. The molecule has 2 aromatic rings. The number of benzene rings is 2. The van der Waals surface area contributed by atoms with Gasteiger partial charge in [-0.15, -0.1) is 0 Å². The van der Waals surface area contributed by atoms with Crippen LogP contribution in [0.3, 0.4) is 0 Å². The van der Waals surface area contributed by atoms with E-state index in [1.165, 1.54) is 24.3 Å². The van der Waals surface area contributed by atoms with Crippen LogP contribution in [0.25, 0.3) is 0 Å². The number of aliphatic hydroxyl groups is 1. The lowest BCUT2D eigenvalue weighted by molar-refractivity contribution is -0.118. The van der Waals surface area contributed by atoms with Gasteiger partial charge in [-0.1, -0.05) is 24.3 Å². The number of primary amides is 1. The molecule has 20 heavy (non-hydrogen) atoms. The summed E-state index contributed by atoms with van der Waals surface area (Å²) in [7, 11) is 0. The molecule has 0 unspecified atom stereocenters. The fourth-order valence-electron chi connectivity index (χ4n) is 1.90. The second kappa shape index (κ2) is 6.16. The van der Waals surface area contributed by atoms with Crippen LogP contribution in [0.4, 0.5) is 10.1 Å². The van der Waals surface area contributed by atoms with Gasteiger partial charge in [-0.3, -0.25) is 4.79 Å². The summed E-state index contributed by atoms with van der Waals surface area (Å²) >= 11 is 0. The molecule has 0 aliphatic heterocycles. The molecule has 0 spiro atoms. The van der Waals surface area contributed by atoms with Gasteiger partial charge in [-0.2, -0.15) is 0 Å². The molecule has 0 aliphatic carbocycles. The maximum Gasteiger partial charge on any atom is 0.244 e. The van der Waals surface area contributed by atoms with Gasteiger partial charge in [0, 0.05) is 5.69 Å². The number of nitrogens with one attached hydrogen (secondary N) is 1. The van der Waals surface area contributed by atoms with Gasteiger partial charge in [-0.25, -0.2) is 4.39 Å². The number of anilines is 1. The minimum atomic E-state index is -0.760. The largest absolute Gasteiger partial charge is 0.392 e. The van der Waals surface area contributed by atoms with Crippen molar-refractivity contribution in [1.82, 2.24) is 0 Å². The summed E-state index contributed by atoms with van der Waals surface area (Å²) in [5.74, 6) is -0.940. The van der Waals surface area contributed by atoms with Gasteiger partial charge in [-0.05, 0) is 35.4 Å². The quantitative estimate of drug-likeness (QED) is 0.780. The van der Waals surface area contributed by atoms with E-state index in [9.17, 15) is 9.18 Å². The third-order valence-corrected chi connectivity index (χ3v) is 2.91. The number of rotatable bonds is 5. The van der Waals surface area contributed by atoms with Crippen LogP contribution in [0.5, 0.6) is 0 Å². The maximum atomic E-state index is 12.9. The number of carbonyl (C=O) groups excluding carboxylic acids is 1. The zero-order valence-corrected chi connectivity index (χ0v) is 10.7. The Bertz CT molecular complexity index is 599. The lowest BCUT2D eigenvalue weighted by atomic mass is 10.1. The van der Waals surface area contributed by atoms with Crippen molar-refractivity contribution < 1.29 is 14.3 Å². The van der Waals surface area contributed by atoms with Crippen molar-refractivity contribution in [3.8, 4) is 0 Å². The topological polar surface area (TPSA) is 75.4 Å². The minimum absolute atomic E-state index is 0.0900. The highest BCUT2D eigenvalue weighted by Gasteiger charge is 2.17. The molecule has 0 radical (unpaired) electrons. The molecule has 0 heterocycles. The maximum absolute atomic E-state index is 12.9. The fourth-order valence-corrected chi connectivity index (χ4v) is 1.90. The summed E-state index contributed by atoms with van der Waals surface area (Å²) < 4.78 is 12.9. The lowest BCUT2D eigenvalue weighted by Gasteiger charge is -2.17. The van der Waals surface area contributed by atoms with E-state index in [4.69, 9.17) is 10.8 Å². The Kier molecular flexibility index (Phi) is 4.32. The van der Waals surface area contributed by atoms with E-state index in [2.05, 4.69) is 5.32 Å². The molecule has 2 aromatic carbocycles. The van der Waals surface area contributed by atoms with Gasteiger partial charge in [0.2, 0.25) is 5.91 Å². The second-order valence-electron chi connectivity index (χ2n) is 4.39. The van der Waals surface area contributed by atoms with E-state index in [1.807, 2.05) is 0 Å². The Hall–Kier alpha value is -2.40. The van der Waals surface area contributed by atoms with E-state index in [-0.39, 0.29) is 12.4 Å². The smallest absolute Gasteiger partial charge is 0.244 e. The van der Waals surface area contributed by atoms with Crippen LogP contribution >= 0.6 is 0 Å². The third kappa shape index (κ3) is 3.33. The molecule has 4 N–H and O–H groups in total. The summed E-state index contributed by atoms with van der Waals surface area (Å²) in [4.78, 5) is 11.6. The summed E-state index contributed by atoms with van der Waals surface area (Å²) in [5.41, 5.74) is 7.33. The van der Waals surface area contributed by atoms with Crippen LogP contribution in [0.2, 0.25) is 0 Å². The Morgan fingerprint density at radius 1 is 1.25 bits per heavy atom. The molecule has 5 heteroatoms. The molecule has 0 aromatic heterocycles. The average Bonchev–Trinajstić information content (AvgIpc) is 2.46. The summed E-state index contributed by atoms with van der Waals surface area (Å²) in [6.07, 6.45) is 0. The highest BCUT2D eigenvalue weighted by Crippen LogP contribution is 2.20. The minimum Gasteiger partial charge on any atom is -0.392 e. The van der Waals surface area contributed by atoms with E-state index in [0.29, 0.717) is 11.3 Å². The molecule has 0 saturated heterocycles. The summed E-state index contributed by atoms with van der Waals surface area (Å²) in [6, 6.07) is 11.8. The fraction of sp³-hybridized carbons (Fsp3) is 0.133. The Morgan fingerprint density at radius 3 is 2.55 bits per heavy atom. The van der Waals surface area contributed by atoms with Gasteiger partial charge >= 0.3 is 0 Å². The molecule has 0 fully saturated rings. The number of nitrogens with two attached hydrogens (primary N) is 1. The SMILES string of the molecule is NC(=O)[C@H](Nc1cccc(CO)c1)c1ccc(F)cc1. The molecule has 1 amide bonds. The zero-order valence-electron chi connectivity index (χ0n) is 10.7. The highest BCUT2D eigenvalue weighted by atomic mass is 19.1. The Balaban J connectivity index is 2.25. The first-order valence-electron chi connectivity index (χ1n) is 6.11. The van der Waals surface area contributed by atoms with Gasteiger partial charge in [0.15, 0.2) is 0 Å². The van der Waals surface area contributed by atoms with Gasteiger partial charge in [0.1, 0.15) is 11.9 Å². The van der Waals surface area contributed by atoms with E-state index in [1.54, 1.807) is 24.3 Å². The lowest BCUT2D eigenvalue weighted by Crippen LogP contribution is -2.27. The molecule has 0 bridgehead atoms. The first kappa shape index (κ1) is 14.0. The second-order valence-corrected chi connectivity index (χ2v) is 4.39. The average molecular weight is 274 g/mol. The monoisotopic (exact) mass is 274 g/mol. The number of carbonyl (C=O) groups is 1. The first-order chi connectivity index (χ1) is 9.60. The summed E-state index contributed by atoms with van der Waals surface area (Å²) in [6.45, 7) is -0.0900. The highest BCUT2D eigenvalue weighted by molar-refractivity contribution is 5.84. The number of hydrogen-bond acceptors (Lipinski definition) is 3. The normalized spacial score (nSPS) is 11.9. The van der Waals surface area contributed by atoms with Crippen LogP contribution in [0, 0.1) is 5.82 Å². The van der Waals surface area contributed by atoms with Crippen LogP contribution in [0.1, 0.15) is 17.2 Å². The summed E-state index contributed by atoms with van der Waals surface area (Å²) in [5, 5.41) is 12.1. The third-order valence-electron chi connectivity index (χ3n) is 2.91. The van der Waals surface area contributed by atoms with Crippen LogP contribution in [0.15, 0.2) is 48.5 Å². The molecule has 104 valence electrons. The van der Waals surface area contributed by atoms with Crippen molar-refractivity contribution in [2.45, 2.75) is 12.6 Å². The number of halogens is 1. The zero-order chi connectivity index (χ0) is 14.5. The van der Waals surface area contributed by atoms with E-state index in [0.717, 1.165) is 5.56 Å². The van der Waals surface area contributed by atoms with Crippen molar-refractivity contribution in [2.75, 3.05) is 5.32 Å². The molecule has 1 atom stereocenters. The van der Waals surface area contributed by atoms with Crippen molar-refractivity contribution in [3.05, 3.63) is 65.5 Å².